The molecule has 0 radical (unpaired) electrons. The van der Waals surface area contributed by atoms with E-state index in [1.807, 2.05) is 54.9 Å². The molecule has 4 heterocycles. The van der Waals surface area contributed by atoms with Crippen molar-refractivity contribution in [2.75, 3.05) is 18.4 Å². The van der Waals surface area contributed by atoms with Crippen molar-refractivity contribution in [3.63, 3.8) is 0 Å². The zero-order valence-electron chi connectivity index (χ0n) is 19.6. The van der Waals surface area contributed by atoms with Crippen LogP contribution >= 0.6 is 0 Å². The molecular weight excluding hydrogens is 463 g/mol. The standard InChI is InChI=1S/C25H23FN8O2/c1-14-7-15(3-6-21(14)35-16-4-5-20-18(8-16)31-13-34(20)2)32-24-23-19(29-12-30-24)10-28-25(33-23)36-22-11-27-9-17(22)26/h3-8,10,12-13,17,22,27H,9,11H2,1-2H3,(H,29,30,32)/t17-,22+/m0/s1. The third-order valence-corrected chi connectivity index (χ3v) is 6.06. The van der Waals surface area contributed by atoms with Crippen molar-refractivity contribution in [3.8, 4) is 17.5 Å². The number of fused-ring (bicyclic) bond motifs is 2. The molecule has 2 atom stereocenters. The minimum atomic E-state index is -1.11. The van der Waals surface area contributed by atoms with E-state index in [9.17, 15) is 4.39 Å². The SMILES string of the molecule is Cc1cc(Nc2ncnc3cnc(O[C@@H]4CNC[C@@H]4F)nc23)ccc1Oc1ccc2c(c1)ncn2C. The second-order valence-electron chi connectivity index (χ2n) is 8.65. The molecule has 3 aromatic heterocycles. The monoisotopic (exact) mass is 486 g/mol. The van der Waals surface area contributed by atoms with E-state index >= 15 is 0 Å². The lowest BCUT2D eigenvalue weighted by Crippen LogP contribution is -2.27. The second-order valence-corrected chi connectivity index (χ2v) is 8.65. The van der Waals surface area contributed by atoms with Crippen LogP contribution in [0.5, 0.6) is 17.5 Å². The van der Waals surface area contributed by atoms with Gasteiger partial charge in [-0.2, -0.15) is 4.98 Å². The average molecular weight is 487 g/mol. The van der Waals surface area contributed by atoms with Gasteiger partial charge in [0.1, 0.15) is 35.0 Å². The van der Waals surface area contributed by atoms with Gasteiger partial charge in [-0.15, -0.1) is 0 Å². The van der Waals surface area contributed by atoms with Crippen molar-refractivity contribution in [2.24, 2.45) is 7.05 Å². The molecule has 36 heavy (non-hydrogen) atoms. The van der Waals surface area contributed by atoms with Gasteiger partial charge in [0.2, 0.25) is 0 Å². The van der Waals surface area contributed by atoms with E-state index in [4.69, 9.17) is 9.47 Å². The molecule has 5 aromatic rings. The predicted molar refractivity (Wildman–Crippen MR) is 133 cm³/mol. The van der Waals surface area contributed by atoms with Gasteiger partial charge in [0.25, 0.3) is 0 Å². The Hall–Kier alpha value is -4.38. The Morgan fingerprint density at radius 3 is 2.81 bits per heavy atom. The van der Waals surface area contributed by atoms with Crippen molar-refractivity contribution in [1.29, 1.82) is 0 Å². The molecule has 1 aliphatic heterocycles. The van der Waals surface area contributed by atoms with Crippen LogP contribution in [0.1, 0.15) is 5.56 Å². The summed E-state index contributed by atoms with van der Waals surface area (Å²) < 4.78 is 27.7. The minimum absolute atomic E-state index is 0.0847. The maximum absolute atomic E-state index is 13.9. The molecule has 0 unspecified atom stereocenters. The number of alkyl halides is 1. The van der Waals surface area contributed by atoms with Gasteiger partial charge >= 0.3 is 6.01 Å². The minimum Gasteiger partial charge on any atom is -0.457 e. The van der Waals surface area contributed by atoms with E-state index in [0.717, 1.165) is 28.0 Å². The molecule has 11 heteroatoms. The summed E-state index contributed by atoms with van der Waals surface area (Å²) in [7, 11) is 1.96. The van der Waals surface area contributed by atoms with Gasteiger partial charge in [-0.1, -0.05) is 0 Å². The fourth-order valence-corrected chi connectivity index (χ4v) is 4.14. The van der Waals surface area contributed by atoms with E-state index in [1.165, 1.54) is 6.33 Å². The number of hydrogen-bond donors (Lipinski definition) is 2. The summed E-state index contributed by atoms with van der Waals surface area (Å²) in [6.45, 7) is 2.63. The third-order valence-electron chi connectivity index (χ3n) is 6.06. The smallest absolute Gasteiger partial charge is 0.317 e. The van der Waals surface area contributed by atoms with Gasteiger partial charge in [-0.05, 0) is 42.8 Å². The number of nitrogens with zero attached hydrogens (tertiary/aromatic N) is 6. The van der Waals surface area contributed by atoms with Gasteiger partial charge in [-0.25, -0.2) is 24.3 Å². The molecule has 0 spiro atoms. The Balaban J connectivity index is 1.23. The lowest BCUT2D eigenvalue weighted by molar-refractivity contribution is 0.129. The number of hydrogen-bond acceptors (Lipinski definition) is 9. The Morgan fingerprint density at radius 1 is 1.06 bits per heavy atom. The predicted octanol–water partition coefficient (Wildman–Crippen LogP) is 3.84. The van der Waals surface area contributed by atoms with Crippen LogP contribution in [0.3, 0.4) is 0 Å². The summed E-state index contributed by atoms with van der Waals surface area (Å²) in [6.07, 6.45) is 3.02. The van der Waals surface area contributed by atoms with Gasteiger partial charge in [-0.3, -0.25) is 0 Å². The number of rotatable bonds is 6. The second kappa shape index (κ2) is 9.00. The number of nitrogens with one attached hydrogen (secondary N) is 2. The van der Waals surface area contributed by atoms with Crippen molar-refractivity contribution in [1.82, 2.24) is 34.8 Å². The summed E-state index contributed by atoms with van der Waals surface area (Å²) >= 11 is 0. The highest BCUT2D eigenvalue weighted by Gasteiger charge is 2.29. The van der Waals surface area contributed by atoms with Crippen LogP contribution in [0.15, 0.2) is 55.2 Å². The van der Waals surface area contributed by atoms with Gasteiger partial charge < -0.3 is 24.7 Å². The maximum Gasteiger partial charge on any atom is 0.317 e. The molecule has 0 bridgehead atoms. The molecule has 2 aromatic carbocycles. The lowest BCUT2D eigenvalue weighted by atomic mass is 10.2. The first kappa shape index (κ1) is 22.1. The van der Waals surface area contributed by atoms with Crippen molar-refractivity contribution in [2.45, 2.75) is 19.2 Å². The first-order valence-electron chi connectivity index (χ1n) is 11.5. The van der Waals surface area contributed by atoms with E-state index < -0.39 is 12.3 Å². The van der Waals surface area contributed by atoms with Crippen LogP contribution in [0, 0.1) is 6.92 Å². The van der Waals surface area contributed by atoms with E-state index in [0.29, 0.717) is 29.1 Å². The van der Waals surface area contributed by atoms with Crippen LogP contribution in [0.4, 0.5) is 15.9 Å². The normalized spacial score (nSPS) is 17.5. The molecule has 1 aliphatic rings. The number of aromatic nitrogens is 6. The van der Waals surface area contributed by atoms with Crippen LogP contribution in [-0.2, 0) is 7.05 Å². The topological polar surface area (TPSA) is 112 Å². The number of aryl methyl sites for hydroxylation is 2. The summed E-state index contributed by atoms with van der Waals surface area (Å²) in [5.74, 6) is 1.93. The number of imidazole rings is 1. The molecule has 0 aliphatic carbocycles. The van der Waals surface area contributed by atoms with Crippen molar-refractivity contribution in [3.05, 3.63) is 60.8 Å². The highest BCUT2D eigenvalue weighted by molar-refractivity contribution is 5.86. The number of ether oxygens (including phenoxy) is 2. The molecule has 0 amide bonds. The molecule has 10 nitrogen and oxygen atoms in total. The molecule has 182 valence electrons. The number of halogens is 1. The molecule has 6 rings (SSSR count). The summed E-state index contributed by atoms with van der Waals surface area (Å²) in [4.78, 5) is 21.6. The van der Waals surface area contributed by atoms with Gasteiger partial charge in [0, 0.05) is 31.9 Å². The quantitative estimate of drug-likeness (QED) is 0.370. The van der Waals surface area contributed by atoms with Crippen molar-refractivity contribution >= 4 is 33.6 Å². The molecule has 0 saturated carbocycles. The van der Waals surface area contributed by atoms with E-state index in [1.54, 1.807) is 12.5 Å². The fourth-order valence-electron chi connectivity index (χ4n) is 4.14. The Bertz CT molecular complexity index is 1570. The fraction of sp³-hybridized carbons (Fsp3) is 0.240. The first-order valence-corrected chi connectivity index (χ1v) is 11.5. The average Bonchev–Trinajstić information content (AvgIpc) is 3.46. The van der Waals surface area contributed by atoms with Gasteiger partial charge in [0.15, 0.2) is 12.0 Å². The first-order chi connectivity index (χ1) is 17.5. The highest BCUT2D eigenvalue weighted by Crippen LogP contribution is 2.31. The molecule has 1 fully saturated rings. The largest absolute Gasteiger partial charge is 0.457 e. The van der Waals surface area contributed by atoms with Crippen LogP contribution in [0.2, 0.25) is 0 Å². The van der Waals surface area contributed by atoms with E-state index in [2.05, 4.69) is 35.6 Å². The number of anilines is 2. The molecule has 1 saturated heterocycles. The van der Waals surface area contributed by atoms with E-state index in [-0.39, 0.29) is 12.6 Å². The zero-order valence-corrected chi connectivity index (χ0v) is 19.6. The van der Waals surface area contributed by atoms with Crippen LogP contribution in [-0.4, -0.2) is 54.9 Å². The Kier molecular flexibility index (Phi) is 5.53. The lowest BCUT2D eigenvalue weighted by Gasteiger charge is -2.14. The maximum atomic E-state index is 13.9. The molecule has 2 N–H and O–H groups in total. The zero-order chi connectivity index (χ0) is 24.6. The highest BCUT2D eigenvalue weighted by atomic mass is 19.1. The molecular formula is C25H23FN8O2. The summed E-state index contributed by atoms with van der Waals surface area (Å²) in [5.41, 5.74) is 4.66. The summed E-state index contributed by atoms with van der Waals surface area (Å²) in [5, 5.41) is 6.23. The Labute approximate surface area is 205 Å². The Morgan fingerprint density at radius 2 is 1.97 bits per heavy atom. The number of benzene rings is 2. The van der Waals surface area contributed by atoms with Crippen LogP contribution < -0.4 is 20.1 Å². The van der Waals surface area contributed by atoms with Crippen LogP contribution in [0.25, 0.3) is 22.1 Å². The third kappa shape index (κ3) is 4.24. The summed E-state index contributed by atoms with van der Waals surface area (Å²) in [6, 6.07) is 11.7. The van der Waals surface area contributed by atoms with Crippen molar-refractivity contribution < 1.29 is 13.9 Å². The van der Waals surface area contributed by atoms with Gasteiger partial charge in [0.05, 0.1) is 23.6 Å².